The predicted molar refractivity (Wildman–Crippen MR) is 86.2 cm³/mol. The zero-order valence-corrected chi connectivity index (χ0v) is 13.5. The van der Waals surface area contributed by atoms with E-state index in [-0.39, 0.29) is 29.1 Å². The minimum absolute atomic E-state index is 0.0223. The van der Waals surface area contributed by atoms with Crippen LogP contribution >= 0.6 is 0 Å². The highest BCUT2D eigenvalue weighted by Crippen LogP contribution is 2.17. The molecule has 8 heteroatoms. The van der Waals surface area contributed by atoms with E-state index in [4.69, 9.17) is 0 Å². The van der Waals surface area contributed by atoms with Crippen LogP contribution < -0.4 is 10.7 Å². The van der Waals surface area contributed by atoms with Gasteiger partial charge in [0.15, 0.2) is 0 Å². The van der Waals surface area contributed by atoms with Crippen molar-refractivity contribution in [2.45, 2.75) is 39.7 Å². The average Bonchev–Trinajstić information content (AvgIpc) is 2.42. The number of carbonyl (C=O) groups is 2. The number of hydrogen-bond acceptors (Lipinski definition) is 5. The van der Waals surface area contributed by atoms with E-state index in [0.717, 1.165) is 0 Å². The molecule has 2 amide bonds. The molecule has 0 radical (unpaired) electrons. The molecule has 1 aromatic rings. The van der Waals surface area contributed by atoms with Crippen LogP contribution in [0.4, 0.5) is 5.69 Å². The highest BCUT2D eigenvalue weighted by molar-refractivity contribution is 6.02. The van der Waals surface area contributed by atoms with Gasteiger partial charge in [-0.3, -0.25) is 19.7 Å². The summed E-state index contributed by atoms with van der Waals surface area (Å²) >= 11 is 0. The number of para-hydroxylation sites is 1. The molecule has 23 heavy (non-hydrogen) atoms. The van der Waals surface area contributed by atoms with Crippen LogP contribution in [-0.4, -0.2) is 28.0 Å². The lowest BCUT2D eigenvalue weighted by atomic mass is 10.1. The van der Waals surface area contributed by atoms with Crippen LogP contribution in [0.5, 0.6) is 0 Å². The van der Waals surface area contributed by atoms with Gasteiger partial charge in [-0.15, -0.1) is 0 Å². The summed E-state index contributed by atoms with van der Waals surface area (Å²) in [6, 6.07) is 5.57. The third kappa shape index (κ3) is 6.25. The first-order valence-corrected chi connectivity index (χ1v) is 6.98. The molecule has 0 bridgehead atoms. The number of nitro groups is 1. The van der Waals surface area contributed by atoms with E-state index in [1.165, 1.54) is 24.3 Å². The summed E-state index contributed by atoms with van der Waals surface area (Å²) in [5.41, 5.74) is 1.87. The van der Waals surface area contributed by atoms with E-state index < -0.39 is 10.8 Å². The van der Waals surface area contributed by atoms with Gasteiger partial charge in [0.05, 0.1) is 11.3 Å². The summed E-state index contributed by atoms with van der Waals surface area (Å²) in [6.07, 6.45) is 0.0223. The number of carbonyl (C=O) groups excluding carboxylic acids is 2. The maximum absolute atomic E-state index is 12.0. The van der Waals surface area contributed by atoms with Gasteiger partial charge in [-0.25, -0.2) is 5.43 Å². The number of nitro benzene ring substituents is 1. The highest BCUT2D eigenvalue weighted by atomic mass is 16.6. The lowest BCUT2D eigenvalue weighted by Gasteiger charge is -2.20. The Hall–Kier alpha value is -2.77. The van der Waals surface area contributed by atoms with Crippen LogP contribution in [0, 0.1) is 10.1 Å². The third-order valence-corrected chi connectivity index (χ3v) is 2.62. The Bertz CT molecular complexity index is 647. The van der Waals surface area contributed by atoms with Gasteiger partial charge in [0.1, 0.15) is 5.56 Å². The molecule has 8 nitrogen and oxygen atoms in total. The quantitative estimate of drug-likeness (QED) is 0.490. The van der Waals surface area contributed by atoms with Gasteiger partial charge in [0, 0.05) is 17.3 Å². The largest absolute Gasteiger partial charge is 0.351 e. The lowest BCUT2D eigenvalue weighted by molar-refractivity contribution is -0.385. The number of hydrogen-bond donors (Lipinski definition) is 2. The fraction of sp³-hybridized carbons (Fsp3) is 0.400. The van der Waals surface area contributed by atoms with Gasteiger partial charge in [-0.2, -0.15) is 5.10 Å². The van der Waals surface area contributed by atoms with Gasteiger partial charge in [0.2, 0.25) is 5.91 Å². The summed E-state index contributed by atoms with van der Waals surface area (Å²) in [5.74, 6) is -0.924. The van der Waals surface area contributed by atoms with E-state index in [0.29, 0.717) is 5.71 Å². The first-order valence-electron chi connectivity index (χ1n) is 6.98. The van der Waals surface area contributed by atoms with Crippen molar-refractivity contribution in [2.75, 3.05) is 0 Å². The second-order valence-corrected chi connectivity index (χ2v) is 6.04. The van der Waals surface area contributed by atoms with E-state index in [1.54, 1.807) is 6.92 Å². The van der Waals surface area contributed by atoms with Crippen LogP contribution in [0.25, 0.3) is 0 Å². The normalized spacial score (nSPS) is 11.7. The van der Waals surface area contributed by atoms with Gasteiger partial charge in [-0.1, -0.05) is 12.1 Å². The van der Waals surface area contributed by atoms with E-state index in [2.05, 4.69) is 15.8 Å². The second-order valence-electron chi connectivity index (χ2n) is 6.04. The number of nitrogens with one attached hydrogen (secondary N) is 2. The topological polar surface area (TPSA) is 114 Å². The molecule has 2 N–H and O–H groups in total. The number of nitrogens with zero attached hydrogens (tertiary/aromatic N) is 2. The van der Waals surface area contributed by atoms with E-state index in [1.807, 2.05) is 20.8 Å². The first-order chi connectivity index (χ1) is 10.6. The molecule has 0 heterocycles. The molecule has 124 valence electrons. The Morgan fingerprint density at radius 3 is 2.43 bits per heavy atom. The molecule has 1 rings (SSSR count). The maximum Gasteiger partial charge on any atom is 0.282 e. The van der Waals surface area contributed by atoms with Crippen molar-refractivity contribution < 1.29 is 14.5 Å². The standard InChI is InChI=1S/C15H20N4O4/c1-10(9-13(20)16-15(2,3)4)17-18-14(21)11-7-5-6-8-12(11)19(22)23/h5-8H,9H2,1-4H3,(H,16,20)(H,18,21)/b17-10+. The van der Waals surface area contributed by atoms with Crippen molar-refractivity contribution in [1.29, 1.82) is 0 Å². The molecular formula is C15H20N4O4. The monoisotopic (exact) mass is 320 g/mol. The van der Waals surface area contributed by atoms with Crippen molar-refractivity contribution in [3.05, 3.63) is 39.9 Å². The highest BCUT2D eigenvalue weighted by Gasteiger charge is 2.19. The zero-order valence-electron chi connectivity index (χ0n) is 13.5. The molecule has 0 aliphatic heterocycles. The number of amides is 2. The number of benzene rings is 1. The van der Waals surface area contributed by atoms with Crippen molar-refractivity contribution in [3.63, 3.8) is 0 Å². The summed E-state index contributed by atoms with van der Waals surface area (Å²) in [6.45, 7) is 7.15. The molecule has 0 aromatic heterocycles. The maximum atomic E-state index is 12.0. The summed E-state index contributed by atoms with van der Waals surface area (Å²) in [4.78, 5) is 33.9. The van der Waals surface area contributed by atoms with Crippen molar-refractivity contribution >= 4 is 23.2 Å². The van der Waals surface area contributed by atoms with Crippen LogP contribution in [0.1, 0.15) is 44.5 Å². The van der Waals surface area contributed by atoms with Crippen LogP contribution in [0.15, 0.2) is 29.4 Å². The smallest absolute Gasteiger partial charge is 0.282 e. The van der Waals surface area contributed by atoms with Gasteiger partial charge in [0.25, 0.3) is 11.6 Å². The molecule has 0 aliphatic rings. The molecule has 0 spiro atoms. The third-order valence-electron chi connectivity index (χ3n) is 2.62. The second kappa shape index (κ2) is 7.48. The fourth-order valence-corrected chi connectivity index (χ4v) is 1.77. The minimum Gasteiger partial charge on any atom is -0.351 e. The predicted octanol–water partition coefficient (Wildman–Crippen LogP) is 2.01. The summed E-state index contributed by atoms with van der Waals surface area (Å²) in [7, 11) is 0. The number of hydrazone groups is 1. The van der Waals surface area contributed by atoms with E-state index in [9.17, 15) is 19.7 Å². The van der Waals surface area contributed by atoms with Gasteiger partial charge >= 0.3 is 0 Å². The molecule has 1 aromatic carbocycles. The van der Waals surface area contributed by atoms with Crippen LogP contribution in [0.2, 0.25) is 0 Å². The first kappa shape index (κ1) is 18.3. The Morgan fingerprint density at radius 1 is 1.26 bits per heavy atom. The number of rotatable bonds is 5. The molecule has 0 fully saturated rings. The van der Waals surface area contributed by atoms with Gasteiger partial charge in [-0.05, 0) is 33.8 Å². The zero-order chi connectivity index (χ0) is 17.6. The Labute approximate surface area is 134 Å². The van der Waals surface area contributed by atoms with Crippen molar-refractivity contribution in [2.24, 2.45) is 5.10 Å². The molecule has 0 aliphatic carbocycles. The lowest BCUT2D eigenvalue weighted by Crippen LogP contribution is -2.41. The molecule has 0 saturated heterocycles. The molecule has 0 unspecified atom stereocenters. The fourth-order valence-electron chi connectivity index (χ4n) is 1.77. The Balaban J connectivity index is 2.72. The van der Waals surface area contributed by atoms with Crippen LogP contribution in [-0.2, 0) is 4.79 Å². The Kier molecular flexibility index (Phi) is 5.94. The van der Waals surface area contributed by atoms with Crippen LogP contribution in [0.3, 0.4) is 0 Å². The molecule has 0 atom stereocenters. The summed E-state index contributed by atoms with van der Waals surface area (Å²) in [5, 5.41) is 17.5. The van der Waals surface area contributed by atoms with Crippen molar-refractivity contribution in [3.8, 4) is 0 Å². The molecular weight excluding hydrogens is 300 g/mol. The average molecular weight is 320 g/mol. The van der Waals surface area contributed by atoms with Crippen molar-refractivity contribution in [1.82, 2.24) is 10.7 Å². The summed E-state index contributed by atoms with van der Waals surface area (Å²) < 4.78 is 0. The van der Waals surface area contributed by atoms with Gasteiger partial charge < -0.3 is 5.32 Å². The molecule has 0 saturated carbocycles. The van der Waals surface area contributed by atoms with E-state index >= 15 is 0 Å². The Morgan fingerprint density at radius 2 is 1.87 bits per heavy atom. The minimum atomic E-state index is -0.701. The SMILES string of the molecule is C/C(CC(=O)NC(C)(C)C)=N\NC(=O)c1ccccc1[N+](=O)[O-].